The van der Waals surface area contributed by atoms with Crippen LogP contribution in [0.15, 0.2) is 54.9 Å². The van der Waals surface area contributed by atoms with Crippen LogP contribution in [0.1, 0.15) is 21.7 Å². The monoisotopic (exact) mass is 325 g/mol. The van der Waals surface area contributed by atoms with Gasteiger partial charge in [-0.15, -0.1) is 0 Å². The molecule has 5 heteroatoms. The first kappa shape index (κ1) is 15.3. The molecule has 1 aromatic heterocycles. The molecule has 2 aromatic carbocycles. The summed E-state index contributed by atoms with van der Waals surface area (Å²) >= 11 is 6.30. The Kier molecular flexibility index (Phi) is 4.17. The molecule has 0 fully saturated rings. The number of imidazole rings is 1. The van der Waals surface area contributed by atoms with Gasteiger partial charge in [-0.05, 0) is 36.8 Å². The van der Waals surface area contributed by atoms with Gasteiger partial charge < -0.3 is 9.88 Å². The minimum Gasteiger partial charge on any atom is -0.355 e. The predicted octanol–water partition coefficient (Wildman–Crippen LogP) is 4.36. The second-order valence-electron chi connectivity index (χ2n) is 5.33. The van der Waals surface area contributed by atoms with Crippen molar-refractivity contribution in [3.05, 3.63) is 76.8 Å². The Bertz CT molecular complexity index is 870. The summed E-state index contributed by atoms with van der Waals surface area (Å²) in [6.45, 7) is 2.03. The Labute approximate surface area is 139 Å². The molecule has 0 atom stereocenters. The zero-order valence-electron chi connectivity index (χ0n) is 12.9. The fourth-order valence-corrected chi connectivity index (χ4v) is 2.62. The smallest absolute Gasteiger partial charge is 0.229 e. The Morgan fingerprint density at radius 1 is 1.22 bits per heavy atom. The van der Waals surface area contributed by atoms with Crippen LogP contribution in [0.25, 0.3) is 0 Å². The average molecular weight is 326 g/mol. The molecular formula is C18H16ClN3O. The maximum absolute atomic E-state index is 12.5. The number of carbonyl (C=O) groups is 1. The molecule has 0 saturated carbocycles. The third-order valence-corrected chi connectivity index (χ3v) is 3.97. The van der Waals surface area contributed by atoms with Crippen LogP contribution in [-0.2, 0) is 7.05 Å². The van der Waals surface area contributed by atoms with E-state index in [2.05, 4.69) is 10.3 Å². The standard InChI is InChI=1S/C18H16ClN3O/c1-12-5-3-4-6-16(12)21-13-7-8-14(15(19)11-13)17(23)18-20-9-10-22(18)2/h3-11,21H,1-2H3. The van der Waals surface area contributed by atoms with E-state index in [1.807, 2.05) is 37.3 Å². The SMILES string of the molecule is Cc1ccccc1Nc1ccc(C(=O)c2nccn2C)c(Cl)c1. The highest BCUT2D eigenvalue weighted by Gasteiger charge is 2.17. The number of halogens is 1. The first-order valence-corrected chi connectivity index (χ1v) is 7.58. The molecule has 1 N–H and O–H groups in total. The van der Waals surface area contributed by atoms with Gasteiger partial charge in [0.25, 0.3) is 0 Å². The van der Waals surface area contributed by atoms with Crippen molar-refractivity contribution in [2.24, 2.45) is 7.05 Å². The third-order valence-electron chi connectivity index (χ3n) is 3.66. The van der Waals surface area contributed by atoms with E-state index in [9.17, 15) is 4.79 Å². The number of nitrogens with zero attached hydrogens (tertiary/aromatic N) is 2. The van der Waals surface area contributed by atoms with Crippen LogP contribution in [0.3, 0.4) is 0 Å². The molecule has 0 bridgehead atoms. The number of hydrogen-bond acceptors (Lipinski definition) is 3. The third kappa shape index (κ3) is 3.12. The van der Waals surface area contributed by atoms with Gasteiger partial charge in [-0.3, -0.25) is 4.79 Å². The van der Waals surface area contributed by atoms with Crippen molar-refractivity contribution in [3.8, 4) is 0 Å². The highest BCUT2D eigenvalue weighted by Crippen LogP contribution is 2.26. The van der Waals surface area contributed by atoms with Gasteiger partial charge in [-0.1, -0.05) is 29.8 Å². The van der Waals surface area contributed by atoms with Crippen molar-refractivity contribution in [3.63, 3.8) is 0 Å². The van der Waals surface area contributed by atoms with Crippen molar-refractivity contribution in [1.29, 1.82) is 0 Å². The van der Waals surface area contributed by atoms with E-state index < -0.39 is 0 Å². The maximum Gasteiger partial charge on any atom is 0.229 e. The number of hydrogen-bond donors (Lipinski definition) is 1. The van der Waals surface area contributed by atoms with Gasteiger partial charge in [0.2, 0.25) is 5.78 Å². The molecule has 0 aliphatic rings. The van der Waals surface area contributed by atoms with Crippen molar-refractivity contribution < 1.29 is 4.79 Å². The second-order valence-corrected chi connectivity index (χ2v) is 5.73. The number of nitrogens with one attached hydrogen (secondary N) is 1. The Hall–Kier alpha value is -2.59. The molecule has 4 nitrogen and oxygen atoms in total. The number of aryl methyl sites for hydroxylation is 2. The van der Waals surface area contributed by atoms with Gasteiger partial charge in [-0.2, -0.15) is 0 Å². The number of carbonyl (C=O) groups excluding carboxylic acids is 1. The molecule has 1 heterocycles. The lowest BCUT2D eigenvalue weighted by molar-refractivity contribution is 0.102. The molecule has 0 amide bonds. The lowest BCUT2D eigenvalue weighted by atomic mass is 10.1. The largest absolute Gasteiger partial charge is 0.355 e. The van der Waals surface area contributed by atoms with Crippen molar-refractivity contribution in [2.45, 2.75) is 6.92 Å². The maximum atomic E-state index is 12.5. The molecule has 23 heavy (non-hydrogen) atoms. The summed E-state index contributed by atoms with van der Waals surface area (Å²) in [4.78, 5) is 16.6. The molecule has 0 aliphatic heterocycles. The van der Waals surface area contributed by atoms with Gasteiger partial charge in [0.15, 0.2) is 5.82 Å². The van der Waals surface area contributed by atoms with Crippen LogP contribution in [0, 0.1) is 6.92 Å². The van der Waals surface area contributed by atoms with E-state index in [1.165, 1.54) is 0 Å². The number of aromatic nitrogens is 2. The fraction of sp³-hybridized carbons (Fsp3) is 0.111. The van der Waals surface area contributed by atoms with Gasteiger partial charge in [-0.25, -0.2) is 4.98 Å². The molecular weight excluding hydrogens is 310 g/mol. The molecule has 0 saturated heterocycles. The molecule has 0 aliphatic carbocycles. The van der Waals surface area contributed by atoms with E-state index in [-0.39, 0.29) is 5.78 Å². The second kappa shape index (κ2) is 6.26. The molecule has 0 radical (unpaired) electrons. The van der Waals surface area contributed by atoms with Gasteiger partial charge in [0.05, 0.1) is 5.02 Å². The first-order chi connectivity index (χ1) is 11.1. The first-order valence-electron chi connectivity index (χ1n) is 7.20. The Balaban J connectivity index is 1.88. The van der Waals surface area contributed by atoms with E-state index in [0.717, 1.165) is 16.9 Å². The van der Waals surface area contributed by atoms with Crippen LogP contribution < -0.4 is 5.32 Å². The lowest BCUT2D eigenvalue weighted by Gasteiger charge is -2.11. The van der Waals surface area contributed by atoms with Gasteiger partial charge >= 0.3 is 0 Å². The molecule has 0 unspecified atom stereocenters. The van der Waals surface area contributed by atoms with E-state index in [1.54, 1.807) is 36.1 Å². The Morgan fingerprint density at radius 3 is 2.65 bits per heavy atom. The van der Waals surface area contributed by atoms with Crippen LogP contribution in [0.4, 0.5) is 11.4 Å². The van der Waals surface area contributed by atoms with Crippen molar-refractivity contribution in [1.82, 2.24) is 9.55 Å². The topological polar surface area (TPSA) is 46.9 Å². The summed E-state index contributed by atoms with van der Waals surface area (Å²) in [5.41, 5.74) is 3.42. The number of benzene rings is 2. The summed E-state index contributed by atoms with van der Waals surface area (Å²) < 4.78 is 1.68. The highest BCUT2D eigenvalue weighted by molar-refractivity contribution is 6.35. The van der Waals surface area contributed by atoms with Crippen LogP contribution in [-0.4, -0.2) is 15.3 Å². The summed E-state index contributed by atoms with van der Waals surface area (Å²) in [6.07, 6.45) is 3.32. The van der Waals surface area contributed by atoms with E-state index in [4.69, 9.17) is 11.6 Å². The molecule has 116 valence electrons. The van der Waals surface area contributed by atoms with Crippen molar-refractivity contribution in [2.75, 3.05) is 5.32 Å². The quantitative estimate of drug-likeness (QED) is 0.725. The zero-order chi connectivity index (χ0) is 16.4. The zero-order valence-corrected chi connectivity index (χ0v) is 13.6. The number of para-hydroxylation sites is 1. The van der Waals surface area contributed by atoms with Gasteiger partial charge in [0, 0.05) is 36.4 Å². The Morgan fingerprint density at radius 2 is 2.00 bits per heavy atom. The minimum absolute atomic E-state index is 0.190. The summed E-state index contributed by atoms with van der Waals surface area (Å²) in [5.74, 6) is 0.177. The minimum atomic E-state index is -0.190. The average Bonchev–Trinajstić information content (AvgIpc) is 2.95. The lowest BCUT2D eigenvalue weighted by Crippen LogP contribution is -2.09. The van der Waals surface area contributed by atoms with E-state index >= 15 is 0 Å². The molecule has 0 spiro atoms. The van der Waals surface area contributed by atoms with Crippen LogP contribution >= 0.6 is 11.6 Å². The van der Waals surface area contributed by atoms with Crippen molar-refractivity contribution >= 4 is 28.8 Å². The normalized spacial score (nSPS) is 10.6. The predicted molar refractivity (Wildman–Crippen MR) is 92.6 cm³/mol. The number of ketones is 1. The summed E-state index contributed by atoms with van der Waals surface area (Å²) in [6, 6.07) is 13.3. The summed E-state index contributed by atoms with van der Waals surface area (Å²) in [5, 5.41) is 3.71. The fourth-order valence-electron chi connectivity index (χ4n) is 2.35. The highest BCUT2D eigenvalue weighted by atomic mass is 35.5. The van der Waals surface area contributed by atoms with Gasteiger partial charge in [0.1, 0.15) is 0 Å². The summed E-state index contributed by atoms with van der Waals surface area (Å²) in [7, 11) is 1.78. The molecule has 3 rings (SSSR count). The van der Waals surface area contributed by atoms with Crippen LogP contribution in [0.2, 0.25) is 5.02 Å². The number of rotatable bonds is 4. The number of anilines is 2. The van der Waals surface area contributed by atoms with Crippen LogP contribution in [0.5, 0.6) is 0 Å². The molecule has 3 aromatic rings. The van der Waals surface area contributed by atoms with E-state index in [0.29, 0.717) is 16.4 Å².